The molecule has 3 atom stereocenters. The molecule has 1 aromatic heterocycles. The number of aromatic hydroxyl groups is 1. The number of alkyl halides is 3. The molecule has 0 fully saturated rings. The fourth-order valence-corrected chi connectivity index (χ4v) is 4.45. The van der Waals surface area contributed by atoms with E-state index in [1.807, 2.05) is 0 Å². The summed E-state index contributed by atoms with van der Waals surface area (Å²) in [5, 5.41) is 23.9. The highest BCUT2D eigenvalue weighted by Gasteiger charge is 2.62. The zero-order chi connectivity index (χ0) is 23.4. The predicted octanol–water partition coefficient (Wildman–Crippen LogP) is 4.86. The van der Waals surface area contributed by atoms with Gasteiger partial charge in [0, 0.05) is 22.7 Å². The molecule has 4 N–H and O–H groups in total. The summed E-state index contributed by atoms with van der Waals surface area (Å²) in [6, 6.07) is 4.56. The second-order valence-electron chi connectivity index (χ2n) is 7.91. The standard InChI is InChI=1S/C22H19F5N2O3/c1-2-10-9-21(32,22(25,26)27)20(12-3-5-14(24)19(31)17(10)12)28-15-7-6-13(23)18-11(15)4-8-16(30)29-18/h3-8,10,20,28,31-32H,2,9H2,1H3,(H,29,30)/t10?,20?,21-/m1/s1. The Bertz CT molecular complexity index is 1260. The molecule has 0 amide bonds. The van der Waals surface area contributed by atoms with Gasteiger partial charge >= 0.3 is 6.18 Å². The van der Waals surface area contributed by atoms with E-state index in [9.17, 15) is 37.0 Å². The Hall–Kier alpha value is -3.14. The number of nitrogens with one attached hydrogen (secondary N) is 2. The number of phenolic OH excluding ortho intramolecular Hbond substituents is 1. The van der Waals surface area contributed by atoms with Crippen molar-refractivity contribution in [2.24, 2.45) is 0 Å². The Morgan fingerprint density at radius 3 is 2.47 bits per heavy atom. The molecule has 2 unspecified atom stereocenters. The van der Waals surface area contributed by atoms with E-state index in [4.69, 9.17) is 0 Å². The first-order valence-corrected chi connectivity index (χ1v) is 9.86. The number of hydrogen-bond acceptors (Lipinski definition) is 4. The summed E-state index contributed by atoms with van der Waals surface area (Å²) in [5.74, 6) is -3.49. The molecule has 4 rings (SSSR count). The predicted molar refractivity (Wildman–Crippen MR) is 108 cm³/mol. The zero-order valence-corrected chi connectivity index (χ0v) is 16.7. The molecule has 2 aromatic carbocycles. The normalized spacial score (nSPS) is 23.2. The van der Waals surface area contributed by atoms with Gasteiger partial charge in [-0.15, -0.1) is 0 Å². The molecule has 10 heteroatoms. The van der Waals surface area contributed by atoms with Crippen LogP contribution in [-0.4, -0.2) is 27.0 Å². The Labute approximate surface area is 178 Å². The minimum absolute atomic E-state index is 0.00929. The molecule has 1 heterocycles. The van der Waals surface area contributed by atoms with Gasteiger partial charge in [0.15, 0.2) is 17.2 Å². The lowest BCUT2D eigenvalue weighted by molar-refractivity contribution is -0.272. The van der Waals surface area contributed by atoms with Gasteiger partial charge in [0.1, 0.15) is 5.82 Å². The van der Waals surface area contributed by atoms with E-state index < -0.39 is 53.1 Å². The van der Waals surface area contributed by atoms with Crippen LogP contribution in [0, 0.1) is 11.6 Å². The van der Waals surface area contributed by atoms with Crippen molar-refractivity contribution < 1.29 is 32.2 Å². The summed E-state index contributed by atoms with van der Waals surface area (Å²) in [6.45, 7) is 1.58. The molecule has 170 valence electrons. The van der Waals surface area contributed by atoms with Crippen molar-refractivity contribution in [3.63, 3.8) is 0 Å². The van der Waals surface area contributed by atoms with Gasteiger partial charge in [0.05, 0.1) is 11.6 Å². The molecule has 0 spiro atoms. The molecule has 0 radical (unpaired) electrons. The summed E-state index contributed by atoms with van der Waals surface area (Å²) >= 11 is 0. The van der Waals surface area contributed by atoms with Gasteiger partial charge in [-0.3, -0.25) is 4.79 Å². The van der Waals surface area contributed by atoms with Crippen molar-refractivity contribution in [3.05, 3.63) is 69.5 Å². The molecule has 0 aliphatic heterocycles. The quantitative estimate of drug-likeness (QED) is 0.426. The zero-order valence-electron chi connectivity index (χ0n) is 16.7. The lowest BCUT2D eigenvalue weighted by Crippen LogP contribution is -2.55. The number of benzene rings is 2. The van der Waals surface area contributed by atoms with E-state index in [2.05, 4.69) is 10.3 Å². The van der Waals surface area contributed by atoms with Crippen molar-refractivity contribution in [2.45, 2.75) is 43.5 Å². The Balaban J connectivity index is 1.95. The van der Waals surface area contributed by atoms with Crippen LogP contribution in [-0.2, 0) is 0 Å². The van der Waals surface area contributed by atoms with Crippen molar-refractivity contribution in [1.29, 1.82) is 0 Å². The van der Waals surface area contributed by atoms with E-state index in [0.717, 1.165) is 24.3 Å². The number of anilines is 1. The van der Waals surface area contributed by atoms with E-state index in [0.29, 0.717) is 0 Å². The number of aliphatic hydroxyl groups is 1. The number of H-pyrrole nitrogens is 1. The maximum atomic E-state index is 14.2. The van der Waals surface area contributed by atoms with E-state index >= 15 is 0 Å². The smallest absolute Gasteiger partial charge is 0.419 e. The lowest BCUT2D eigenvalue weighted by atomic mass is 9.69. The molecule has 0 bridgehead atoms. The number of hydrogen-bond donors (Lipinski definition) is 4. The number of pyridine rings is 1. The van der Waals surface area contributed by atoms with Crippen molar-refractivity contribution in [3.8, 4) is 5.75 Å². The van der Waals surface area contributed by atoms with Crippen LogP contribution in [0.2, 0.25) is 0 Å². The fourth-order valence-electron chi connectivity index (χ4n) is 4.45. The third kappa shape index (κ3) is 3.29. The fraction of sp³-hybridized carbons (Fsp3) is 0.318. The third-order valence-electron chi connectivity index (χ3n) is 6.08. The summed E-state index contributed by atoms with van der Waals surface area (Å²) in [5.41, 5.74) is -4.22. The molecule has 1 aliphatic rings. The van der Waals surface area contributed by atoms with E-state index in [1.165, 1.54) is 12.1 Å². The number of aromatic nitrogens is 1. The van der Waals surface area contributed by atoms with E-state index in [1.54, 1.807) is 6.92 Å². The summed E-state index contributed by atoms with van der Waals surface area (Å²) < 4.78 is 70.7. The maximum absolute atomic E-state index is 14.2. The average Bonchev–Trinajstić information content (AvgIpc) is 2.73. The molecule has 0 saturated carbocycles. The summed E-state index contributed by atoms with van der Waals surface area (Å²) in [4.78, 5) is 13.9. The number of aromatic amines is 1. The highest BCUT2D eigenvalue weighted by Crippen LogP contribution is 2.55. The lowest BCUT2D eigenvalue weighted by Gasteiger charge is -2.45. The first-order chi connectivity index (χ1) is 15.0. The van der Waals surface area contributed by atoms with Crippen LogP contribution >= 0.6 is 0 Å². The Morgan fingerprint density at radius 1 is 1.12 bits per heavy atom. The van der Waals surface area contributed by atoms with Gasteiger partial charge in [0.2, 0.25) is 5.56 Å². The molecule has 0 saturated heterocycles. The van der Waals surface area contributed by atoms with Crippen molar-refractivity contribution in [2.75, 3.05) is 5.32 Å². The molecule has 1 aliphatic carbocycles. The summed E-state index contributed by atoms with van der Waals surface area (Å²) in [6.07, 6.45) is -5.77. The topological polar surface area (TPSA) is 85.4 Å². The SMILES string of the molecule is CCC1C[C@](O)(C(F)(F)F)C(Nc2ccc(F)c3[nH]c(=O)ccc23)c2ccc(F)c(O)c21. The van der Waals surface area contributed by atoms with Crippen LogP contribution in [0.15, 0.2) is 41.2 Å². The average molecular weight is 454 g/mol. The van der Waals surface area contributed by atoms with Gasteiger partial charge in [-0.2, -0.15) is 13.2 Å². The van der Waals surface area contributed by atoms with Gasteiger partial charge in [-0.05, 0) is 48.6 Å². The largest absolute Gasteiger partial charge is 0.505 e. The molecule has 32 heavy (non-hydrogen) atoms. The number of phenols is 1. The molecule has 3 aromatic rings. The minimum atomic E-state index is -5.08. The minimum Gasteiger partial charge on any atom is -0.505 e. The highest BCUT2D eigenvalue weighted by molar-refractivity contribution is 5.91. The van der Waals surface area contributed by atoms with Crippen LogP contribution in [0.1, 0.15) is 42.9 Å². The second kappa shape index (κ2) is 7.47. The molecule has 5 nitrogen and oxygen atoms in total. The van der Waals surface area contributed by atoms with Crippen LogP contribution in [0.3, 0.4) is 0 Å². The van der Waals surface area contributed by atoms with E-state index in [-0.39, 0.29) is 34.1 Å². The van der Waals surface area contributed by atoms with Crippen molar-refractivity contribution >= 4 is 16.6 Å². The monoisotopic (exact) mass is 454 g/mol. The molecular formula is C22H19F5N2O3. The highest BCUT2D eigenvalue weighted by atomic mass is 19.4. The molecular weight excluding hydrogens is 435 g/mol. The Kier molecular flexibility index (Phi) is 5.15. The third-order valence-corrected chi connectivity index (χ3v) is 6.08. The van der Waals surface area contributed by atoms with Gasteiger partial charge in [0.25, 0.3) is 0 Å². The van der Waals surface area contributed by atoms with Crippen molar-refractivity contribution in [1.82, 2.24) is 4.98 Å². The number of halogens is 5. The van der Waals surface area contributed by atoms with Crippen LogP contribution in [0.4, 0.5) is 27.6 Å². The Morgan fingerprint density at radius 2 is 1.81 bits per heavy atom. The number of rotatable bonds is 3. The first kappa shape index (κ1) is 22.1. The van der Waals surface area contributed by atoms with Crippen LogP contribution < -0.4 is 10.9 Å². The first-order valence-electron chi connectivity index (χ1n) is 9.86. The van der Waals surface area contributed by atoms with Gasteiger partial charge in [-0.1, -0.05) is 13.0 Å². The van der Waals surface area contributed by atoms with Crippen LogP contribution in [0.25, 0.3) is 10.9 Å². The number of fused-ring (bicyclic) bond motifs is 2. The summed E-state index contributed by atoms with van der Waals surface area (Å²) in [7, 11) is 0. The van der Waals surface area contributed by atoms with Crippen LogP contribution in [0.5, 0.6) is 5.75 Å². The maximum Gasteiger partial charge on any atom is 0.419 e. The second-order valence-corrected chi connectivity index (χ2v) is 7.91. The van der Waals surface area contributed by atoms with Gasteiger partial charge in [-0.25, -0.2) is 8.78 Å². The van der Waals surface area contributed by atoms with Gasteiger partial charge < -0.3 is 20.5 Å².